The van der Waals surface area contributed by atoms with E-state index in [9.17, 15) is 9.47 Å². The summed E-state index contributed by atoms with van der Waals surface area (Å²) in [5.41, 5.74) is 8.66. The number of hydrogen-bond acceptors (Lipinski definition) is 6. The molecule has 32 heavy (non-hydrogen) atoms. The summed E-state index contributed by atoms with van der Waals surface area (Å²) < 4.78 is 25.1. The van der Waals surface area contributed by atoms with Crippen molar-refractivity contribution >= 4 is 16.6 Å². The van der Waals surface area contributed by atoms with E-state index in [-0.39, 0.29) is 11.5 Å². The Balaban J connectivity index is 1.97. The summed E-state index contributed by atoms with van der Waals surface area (Å²) >= 11 is 0. The number of rotatable bonds is 5. The van der Waals surface area contributed by atoms with Crippen molar-refractivity contribution in [3.63, 3.8) is 0 Å². The number of ether oxygens (including phenoxy) is 2. The molecule has 7 heteroatoms. The molecule has 0 unspecified atom stereocenters. The molecule has 0 radical (unpaired) electrons. The van der Waals surface area contributed by atoms with Gasteiger partial charge in [-0.2, -0.15) is 5.26 Å². The number of aryl methyl sites for hydroxylation is 1. The van der Waals surface area contributed by atoms with Crippen LogP contribution in [0.5, 0.6) is 5.75 Å². The summed E-state index contributed by atoms with van der Waals surface area (Å²) in [7, 11) is -0.0587. The third kappa shape index (κ3) is 4.01. The maximum absolute atomic E-state index is 13.9. The molecule has 0 spiro atoms. The zero-order valence-electron chi connectivity index (χ0n) is 17.6. The monoisotopic (exact) mass is 443 g/mol. The molecular weight excluding hydrogens is 422 g/mol. The highest BCUT2D eigenvalue weighted by Gasteiger charge is 2.37. The largest absolute Gasteiger partial charge is 0.497 e. The van der Waals surface area contributed by atoms with E-state index in [0.29, 0.717) is 27.0 Å². The highest BCUT2D eigenvalue weighted by Crippen LogP contribution is 2.45. The average molecular weight is 444 g/mol. The van der Waals surface area contributed by atoms with Crippen molar-refractivity contribution in [1.82, 2.24) is 4.98 Å². The lowest BCUT2D eigenvalue weighted by atomic mass is 9.89. The van der Waals surface area contributed by atoms with Crippen molar-refractivity contribution in [1.29, 1.82) is 5.26 Å². The highest BCUT2D eigenvalue weighted by atomic mass is 32.2. The minimum absolute atomic E-state index is 0.0290. The fourth-order valence-corrected chi connectivity index (χ4v) is 4.93. The lowest BCUT2D eigenvalue weighted by molar-refractivity contribution is 0.357. The zero-order valence-corrected chi connectivity index (χ0v) is 18.4. The molecule has 4 rings (SSSR count). The number of nitrogens with zero attached hydrogens (tertiary/aromatic N) is 2. The normalized spacial score (nSPS) is 16.8. The first kappa shape index (κ1) is 21.3. The van der Waals surface area contributed by atoms with Crippen molar-refractivity contribution in [2.24, 2.45) is 5.73 Å². The van der Waals surface area contributed by atoms with Crippen LogP contribution < -0.4 is 10.5 Å². The van der Waals surface area contributed by atoms with Gasteiger partial charge >= 0.3 is 0 Å². The first-order chi connectivity index (χ1) is 15.5. The second kappa shape index (κ2) is 9.08. The summed E-state index contributed by atoms with van der Waals surface area (Å²) in [4.78, 5) is 5.40. The van der Waals surface area contributed by atoms with Crippen LogP contribution in [0.1, 0.15) is 22.7 Å². The molecule has 6 nitrogen and oxygen atoms in total. The predicted molar refractivity (Wildman–Crippen MR) is 122 cm³/mol. The van der Waals surface area contributed by atoms with Crippen LogP contribution in [0.3, 0.4) is 0 Å². The molecule has 0 fully saturated rings. The van der Waals surface area contributed by atoms with Gasteiger partial charge in [-0.1, -0.05) is 35.9 Å². The number of benzene rings is 2. The second-order valence-electron chi connectivity index (χ2n) is 7.19. The van der Waals surface area contributed by atoms with Gasteiger partial charge in [0.05, 0.1) is 28.7 Å². The highest BCUT2D eigenvalue weighted by molar-refractivity contribution is 7.89. The first-order valence-electron chi connectivity index (χ1n) is 9.89. The molecule has 1 aromatic heterocycles. The molecule has 0 saturated carbocycles. The topological polar surface area (TPSA) is 98.2 Å². The molecule has 1 aliphatic rings. The second-order valence-corrected chi connectivity index (χ2v) is 8.64. The van der Waals surface area contributed by atoms with E-state index >= 15 is 0 Å². The number of pyridine rings is 1. The quantitative estimate of drug-likeness (QED) is 0.628. The molecular formula is C25H21N3O3S. The van der Waals surface area contributed by atoms with Crippen LogP contribution in [0.15, 0.2) is 94.2 Å². The van der Waals surface area contributed by atoms with Gasteiger partial charge < -0.3 is 15.2 Å². The summed E-state index contributed by atoms with van der Waals surface area (Å²) in [5, 5.41) is 9.93. The Morgan fingerprint density at radius 1 is 1.09 bits per heavy atom. The maximum Gasteiger partial charge on any atom is 0.205 e. The number of hydrogen-bond donors (Lipinski definition) is 1. The van der Waals surface area contributed by atoms with Gasteiger partial charge in [0.2, 0.25) is 5.88 Å². The minimum atomic E-state index is -1.64. The SMILES string of the molecule is COc1ccc([C@@H]2C(C#N)=C(N)OC(c3ccccn3)=C2[S@@](=O)c2ccc(C)cc2)cc1. The van der Waals surface area contributed by atoms with Crippen LogP contribution in [0.25, 0.3) is 5.76 Å². The van der Waals surface area contributed by atoms with Gasteiger partial charge in [0.25, 0.3) is 0 Å². The van der Waals surface area contributed by atoms with Gasteiger partial charge in [-0.05, 0) is 48.9 Å². The van der Waals surface area contributed by atoms with Crippen molar-refractivity contribution in [2.75, 3.05) is 7.11 Å². The molecule has 1 aliphatic heterocycles. The maximum atomic E-state index is 13.9. The van der Waals surface area contributed by atoms with Crippen LogP contribution >= 0.6 is 0 Å². The lowest BCUT2D eigenvalue weighted by Gasteiger charge is -2.28. The predicted octanol–water partition coefficient (Wildman–Crippen LogP) is 4.38. The number of nitriles is 1. The van der Waals surface area contributed by atoms with Crippen molar-refractivity contribution in [3.8, 4) is 11.8 Å². The summed E-state index contributed by atoms with van der Waals surface area (Å²) in [6, 6.07) is 22.2. The van der Waals surface area contributed by atoms with Crippen molar-refractivity contribution in [3.05, 3.63) is 106 Å². The Labute approximate surface area is 189 Å². The van der Waals surface area contributed by atoms with E-state index in [0.717, 1.165) is 11.1 Å². The molecule has 0 bridgehead atoms. The van der Waals surface area contributed by atoms with E-state index in [2.05, 4.69) is 11.1 Å². The van der Waals surface area contributed by atoms with Crippen LogP contribution in [0.2, 0.25) is 0 Å². The minimum Gasteiger partial charge on any atom is -0.497 e. The Morgan fingerprint density at radius 3 is 2.41 bits per heavy atom. The van der Waals surface area contributed by atoms with Crippen molar-refractivity contribution < 1.29 is 13.7 Å². The van der Waals surface area contributed by atoms with Gasteiger partial charge in [0.1, 0.15) is 23.1 Å². The third-order valence-corrected chi connectivity index (χ3v) is 6.67. The van der Waals surface area contributed by atoms with Crippen LogP contribution in [-0.4, -0.2) is 16.3 Å². The molecule has 2 aromatic carbocycles. The summed E-state index contributed by atoms with van der Waals surface area (Å²) in [6.45, 7) is 1.96. The first-order valence-corrected chi connectivity index (χ1v) is 11.0. The van der Waals surface area contributed by atoms with E-state index in [1.54, 1.807) is 37.6 Å². The number of methoxy groups -OCH3 is 1. The van der Waals surface area contributed by atoms with Gasteiger partial charge in [0, 0.05) is 11.1 Å². The lowest BCUT2D eigenvalue weighted by Crippen LogP contribution is -2.23. The van der Waals surface area contributed by atoms with Crippen LogP contribution in [0, 0.1) is 18.3 Å². The average Bonchev–Trinajstić information content (AvgIpc) is 2.84. The molecule has 0 amide bonds. The fourth-order valence-electron chi connectivity index (χ4n) is 3.51. The Bertz CT molecular complexity index is 1260. The van der Waals surface area contributed by atoms with Gasteiger partial charge in [-0.15, -0.1) is 0 Å². The molecule has 2 atom stereocenters. The Kier molecular flexibility index (Phi) is 6.06. The van der Waals surface area contributed by atoms with Crippen molar-refractivity contribution in [2.45, 2.75) is 17.7 Å². The molecule has 160 valence electrons. The number of nitrogens with two attached hydrogens (primary N) is 1. The molecule has 3 aromatic rings. The zero-order chi connectivity index (χ0) is 22.7. The standard InChI is InChI=1S/C25H21N3O3S/c1-16-6-12-19(13-7-16)32(29)24-22(17-8-10-18(30-2)11-9-17)20(15-26)25(27)31-23(24)21-5-3-4-14-28-21/h3-14,22H,27H2,1-2H3/t22-,32+/m1/s1. The molecule has 2 heterocycles. The van der Waals surface area contributed by atoms with Crippen LogP contribution in [0.4, 0.5) is 0 Å². The van der Waals surface area contributed by atoms with Gasteiger partial charge in [-0.25, -0.2) is 4.21 Å². The number of allylic oxidation sites excluding steroid dienone is 2. The molecule has 2 N–H and O–H groups in total. The summed E-state index contributed by atoms with van der Waals surface area (Å²) in [5.74, 6) is 0.269. The van der Waals surface area contributed by atoms with E-state index in [1.165, 1.54) is 0 Å². The fraction of sp³-hybridized carbons (Fsp3) is 0.120. The molecule has 0 saturated heterocycles. The van der Waals surface area contributed by atoms with E-state index < -0.39 is 16.7 Å². The summed E-state index contributed by atoms with van der Waals surface area (Å²) in [6.07, 6.45) is 1.63. The third-order valence-electron chi connectivity index (χ3n) is 5.15. The van der Waals surface area contributed by atoms with Crippen LogP contribution in [-0.2, 0) is 15.5 Å². The smallest absolute Gasteiger partial charge is 0.205 e. The Morgan fingerprint density at radius 2 is 1.81 bits per heavy atom. The van der Waals surface area contributed by atoms with E-state index in [4.69, 9.17) is 15.2 Å². The number of aromatic nitrogens is 1. The molecule has 0 aliphatic carbocycles. The Hall–Kier alpha value is -3.89. The van der Waals surface area contributed by atoms with Gasteiger partial charge in [-0.3, -0.25) is 4.98 Å². The van der Waals surface area contributed by atoms with Gasteiger partial charge in [0.15, 0.2) is 5.76 Å². The van der Waals surface area contributed by atoms with E-state index in [1.807, 2.05) is 49.4 Å².